The molecular weight excluding hydrogens is 267 g/mol. The lowest BCUT2D eigenvalue weighted by molar-refractivity contribution is 0.0103. The summed E-state index contributed by atoms with van der Waals surface area (Å²) in [5, 5.41) is 0. The van der Waals surface area contributed by atoms with E-state index in [1.54, 1.807) is 6.07 Å². The van der Waals surface area contributed by atoms with Gasteiger partial charge in [0.2, 0.25) is 0 Å². The van der Waals surface area contributed by atoms with Crippen molar-refractivity contribution in [1.82, 2.24) is 4.98 Å². The van der Waals surface area contributed by atoms with Crippen LogP contribution in [0.15, 0.2) is 18.3 Å². The molecular formula is C13H21FN2O4. The SMILES string of the molecule is NCCOCCOCCOCCOc1cccnc1F. The summed E-state index contributed by atoms with van der Waals surface area (Å²) in [6.45, 7) is 3.66. The molecule has 0 saturated carbocycles. The highest BCUT2D eigenvalue weighted by Gasteiger charge is 2.01. The van der Waals surface area contributed by atoms with Crippen LogP contribution in [0.5, 0.6) is 5.75 Å². The number of ether oxygens (including phenoxy) is 4. The van der Waals surface area contributed by atoms with Crippen molar-refractivity contribution < 1.29 is 23.3 Å². The van der Waals surface area contributed by atoms with Crippen molar-refractivity contribution in [1.29, 1.82) is 0 Å². The summed E-state index contributed by atoms with van der Waals surface area (Å²) in [7, 11) is 0. The monoisotopic (exact) mass is 288 g/mol. The van der Waals surface area contributed by atoms with Gasteiger partial charge in [-0.15, -0.1) is 0 Å². The third kappa shape index (κ3) is 8.00. The summed E-state index contributed by atoms with van der Waals surface area (Å²) >= 11 is 0. The number of halogens is 1. The standard InChI is InChI=1S/C13H21FN2O4/c14-13-12(2-1-4-16-13)20-11-10-19-9-8-18-7-6-17-5-3-15/h1-2,4H,3,5-11,15H2. The number of aromatic nitrogens is 1. The van der Waals surface area contributed by atoms with E-state index in [0.29, 0.717) is 46.2 Å². The maximum atomic E-state index is 13.1. The molecule has 7 heteroatoms. The van der Waals surface area contributed by atoms with Crippen LogP contribution >= 0.6 is 0 Å². The molecule has 0 amide bonds. The highest BCUT2D eigenvalue weighted by atomic mass is 19.1. The van der Waals surface area contributed by atoms with Crippen LogP contribution in [0.4, 0.5) is 4.39 Å². The number of rotatable bonds is 12. The summed E-state index contributed by atoms with van der Waals surface area (Å²) < 4.78 is 33.9. The maximum absolute atomic E-state index is 13.1. The van der Waals surface area contributed by atoms with Gasteiger partial charge in [0.05, 0.1) is 39.6 Å². The largest absolute Gasteiger partial charge is 0.486 e. The molecule has 1 aromatic heterocycles. The molecule has 0 radical (unpaired) electrons. The summed E-state index contributed by atoms with van der Waals surface area (Å²) in [5.41, 5.74) is 5.26. The van der Waals surface area contributed by atoms with Crippen LogP contribution in [-0.2, 0) is 14.2 Å². The van der Waals surface area contributed by atoms with Crippen molar-refractivity contribution in [2.45, 2.75) is 0 Å². The van der Waals surface area contributed by atoms with E-state index in [0.717, 1.165) is 0 Å². The Morgan fingerprint density at radius 3 is 2.15 bits per heavy atom. The van der Waals surface area contributed by atoms with Crippen molar-refractivity contribution in [2.75, 3.05) is 52.8 Å². The van der Waals surface area contributed by atoms with Crippen LogP contribution < -0.4 is 10.5 Å². The van der Waals surface area contributed by atoms with Gasteiger partial charge in [0.15, 0.2) is 5.75 Å². The van der Waals surface area contributed by atoms with Gasteiger partial charge in [-0.3, -0.25) is 0 Å². The van der Waals surface area contributed by atoms with Gasteiger partial charge in [0.1, 0.15) is 6.61 Å². The second-order valence-electron chi connectivity index (χ2n) is 3.77. The molecule has 6 nitrogen and oxygen atoms in total. The molecule has 0 aliphatic carbocycles. The van der Waals surface area contributed by atoms with Crippen LogP contribution in [0.2, 0.25) is 0 Å². The molecule has 114 valence electrons. The predicted molar refractivity (Wildman–Crippen MR) is 71.2 cm³/mol. The molecule has 0 unspecified atom stereocenters. The predicted octanol–water partition coefficient (Wildman–Crippen LogP) is 0.608. The van der Waals surface area contributed by atoms with Crippen molar-refractivity contribution >= 4 is 0 Å². The second-order valence-corrected chi connectivity index (χ2v) is 3.77. The van der Waals surface area contributed by atoms with Gasteiger partial charge in [0, 0.05) is 12.7 Å². The lowest BCUT2D eigenvalue weighted by Gasteiger charge is -2.08. The topological polar surface area (TPSA) is 75.8 Å². The first-order chi connectivity index (χ1) is 9.84. The van der Waals surface area contributed by atoms with Gasteiger partial charge in [0.25, 0.3) is 5.95 Å². The fourth-order valence-corrected chi connectivity index (χ4v) is 1.31. The summed E-state index contributed by atoms with van der Waals surface area (Å²) in [4.78, 5) is 3.48. The Morgan fingerprint density at radius 1 is 0.950 bits per heavy atom. The van der Waals surface area contributed by atoms with E-state index in [9.17, 15) is 4.39 Å². The van der Waals surface area contributed by atoms with E-state index in [1.807, 2.05) is 0 Å². The quantitative estimate of drug-likeness (QED) is 0.448. The normalized spacial score (nSPS) is 10.7. The zero-order valence-corrected chi connectivity index (χ0v) is 11.4. The molecule has 0 aliphatic heterocycles. The lowest BCUT2D eigenvalue weighted by Crippen LogP contribution is -2.14. The van der Waals surface area contributed by atoms with E-state index in [1.165, 1.54) is 12.3 Å². The molecule has 0 bridgehead atoms. The summed E-state index contributed by atoms with van der Waals surface area (Å²) in [6.07, 6.45) is 1.37. The van der Waals surface area contributed by atoms with E-state index in [-0.39, 0.29) is 12.4 Å². The lowest BCUT2D eigenvalue weighted by atomic mass is 10.4. The Balaban J connectivity index is 1.87. The minimum absolute atomic E-state index is 0.129. The van der Waals surface area contributed by atoms with E-state index >= 15 is 0 Å². The maximum Gasteiger partial charge on any atom is 0.255 e. The zero-order chi connectivity index (χ0) is 14.5. The highest BCUT2D eigenvalue weighted by molar-refractivity contribution is 5.17. The summed E-state index contributed by atoms with van der Waals surface area (Å²) in [5.74, 6) is -0.488. The first kappa shape index (κ1) is 16.8. The van der Waals surface area contributed by atoms with Crippen LogP contribution in [0.1, 0.15) is 0 Å². The van der Waals surface area contributed by atoms with Crippen molar-refractivity contribution in [2.24, 2.45) is 5.73 Å². The Labute approximate surface area is 118 Å². The first-order valence-corrected chi connectivity index (χ1v) is 6.51. The fourth-order valence-electron chi connectivity index (χ4n) is 1.31. The minimum Gasteiger partial charge on any atom is -0.486 e. The Kier molecular flexibility index (Phi) is 9.68. The Hall–Kier alpha value is -1.28. The molecule has 0 spiro atoms. The Morgan fingerprint density at radius 2 is 1.55 bits per heavy atom. The minimum atomic E-state index is -0.617. The average Bonchev–Trinajstić information content (AvgIpc) is 2.46. The van der Waals surface area contributed by atoms with Crippen LogP contribution in [-0.4, -0.2) is 57.8 Å². The number of nitrogens with zero attached hydrogens (tertiary/aromatic N) is 1. The fraction of sp³-hybridized carbons (Fsp3) is 0.615. The molecule has 0 aliphatic rings. The van der Waals surface area contributed by atoms with Gasteiger partial charge in [-0.2, -0.15) is 4.39 Å². The van der Waals surface area contributed by atoms with Crippen molar-refractivity contribution in [3.63, 3.8) is 0 Å². The van der Waals surface area contributed by atoms with E-state index < -0.39 is 5.95 Å². The molecule has 20 heavy (non-hydrogen) atoms. The molecule has 1 heterocycles. The van der Waals surface area contributed by atoms with Crippen molar-refractivity contribution in [3.05, 3.63) is 24.3 Å². The van der Waals surface area contributed by atoms with Gasteiger partial charge >= 0.3 is 0 Å². The zero-order valence-electron chi connectivity index (χ0n) is 11.4. The molecule has 2 N–H and O–H groups in total. The number of hydrogen-bond donors (Lipinski definition) is 1. The molecule has 0 atom stereocenters. The smallest absolute Gasteiger partial charge is 0.255 e. The molecule has 1 aromatic rings. The highest BCUT2D eigenvalue weighted by Crippen LogP contribution is 2.12. The molecule has 0 fully saturated rings. The Bertz CT molecular complexity index is 355. The van der Waals surface area contributed by atoms with Crippen LogP contribution in [0.25, 0.3) is 0 Å². The van der Waals surface area contributed by atoms with Crippen LogP contribution in [0, 0.1) is 5.95 Å². The second kappa shape index (κ2) is 11.5. The molecule has 1 rings (SSSR count). The first-order valence-electron chi connectivity index (χ1n) is 6.51. The van der Waals surface area contributed by atoms with Crippen molar-refractivity contribution in [3.8, 4) is 5.75 Å². The average molecular weight is 288 g/mol. The number of pyridine rings is 1. The molecule has 0 saturated heterocycles. The summed E-state index contributed by atoms with van der Waals surface area (Å²) in [6, 6.07) is 3.13. The van der Waals surface area contributed by atoms with Gasteiger partial charge in [-0.1, -0.05) is 0 Å². The van der Waals surface area contributed by atoms with Gasteiger partial charge in [-0.05, 0) is 12.1 Å². The van der Waals surface area contributed by atoms with Gasteiger partial charge in [-0.25, -0.2) is 4.98 Å². The van der Waals surface area contributed by atoms with Crippen LogP contribution in [0.3, 0.4) is 0 Å². The number of hydrogen-bond acceptors (Lipinski definition) is 6. The number of nitrogens with two attached hydrogens (primary N) is 1. The van der Waals surface area contributed by atoms with Gasteiger partial charge < -0.3 is 24.7 Å². The third-order valence-corrected chi connectivity index (χ3v) is 2.22. The van der Waals surface area contributed by atoms with E-state index in [4.69, 9.17) is 24.7 Å². The van der Waals surface area contributed by atoms with E-state index in [2.05, 4.69) is 4.98 Å². The third-order valence-electron chi connectivity index (χ3n) is 2.22. The molecule has 0 aromatic carbocycles.